The van der Waals surface area contributed by atoms with Gasteiger partial charge in [0, 0.05) is 12.8 Å². The highest BCUT2D eigenvalue weighted by atomic mass is 16.6. The van der Waals surface area contributed by atoms with Crippen LogP contribution in [0.2, 0.25) is 0 Å². The summed E-state index contributed by atoms with van der Waals surface area (Å²) >= 11 is 0. The minimum Gasteiger partial charge on any atom is -0.481 e. The van der Waals surface area contributed by atoms with Gasteiger partial charge in [-0.1, -0.05) is 138 Å². The summed E-state index contributed by atoms with van der Waals surface area (Å²) in [5.74, 6) is 11.3. The lowest BCUT2D eigenvalue weighted by Gasteiger charge is -2.75. The Morgan fingerprint density at radius 3 is 1.45 bits per heavy atom. The standard InChI is InChI=1S/C36H62O2.C33H55NO6.C30H50O5.C10H16.C8H14O4/c1-12-31(5,6)29(37)38-25-13-14-26-33(8,24(25)2)16-15-27-34(26,9)20-22-36(11)28-23-30(3,4)17-18-32(28,7)19-21-35(27,36)10;1-7-31(3,4)29(37)39-19-18-34-30(38)40-23-14-16-32(5)22(20-23)9-10-24-26-12-11-25(21(2)8-13-28(35)36)33(26,6)17-15-27(24)32;1-7-28(3,4)27(34)35-20-14-15-29(5)19(16-20)9-10-21-23-12-11-22(18(2)8-13-26(32)33)30(23,6)25(31)17-24(21)29;1-2-9-7-4-5-8(6-7)10(9)3-1;1-5(7(9)11-3)6(2)8(10)12-4/h24-28H,12-23H2,1-11H3;21-27H,7-20H2,1-6H3,(H,34,38)(H,35,36);18-25,31H,7-17H2,1-6H3,(H,32,33);7-10H,1-6H2;5-6H,1-4H3/t;21?,22?,23-,24?,25?,26?,27?,32?,33?;18?,19?,20-,21?,22?,23?,24?,25+,29?,30?;;/m.11../s1. The minimum atomic E-state index is -0.716. The first-order valence-electron chi connectivity index (χ1n) is 55.8. The van der Waals surface area contributed by atoms with E-state index in [4.69, 9.17) is 18.9 Å². The van der Waals surface area contributed by atoms with Crippen molar-refractivity contribution in [1.29, 1.82) is 0 Å². The Morgan fingerprint density at radius 2 is 0.896 bits per heavy atom. The number of aliphatic carboxylic acids is 2. The average molecular weight is 1890 g/mol. The lowest BCUT2D eigenvalue weighted by atomic mass is 9.30. The molecule has 135 heavy (non-hydrogen) atoms. The molecule has 18 nitrogen and oxygen atoms in total. The van der Waals surface area contributed by atoms with Crippen LogP contribution in [0, 0.1) is 201 Å². The molecule has 0 saturated heterocycles. The topological polar surface area (TPSA) is 265 Å². The number of esters is 5. The summed E-state index contributed by atoms with van der Waals surface area (Å²) in [6.07, 6.45) is 47.3. The summed E-state index contributed by atoms with van der Waals surface area (Å²) in [5.41, 5.74) is 2.08. The molecule has 2 bridgehead atoms. The third kappa shape index (κ3) is 21.3. The lowest BCUT2D eigenvalue weighted by Crippen LogP contribution is -2.68. The van der Waals surface area contributed by atoms with Crippen LogP contribution in [0.5, 0.6) is 0 Å². The molecule has 18 heteroatoms. The van der Waals surface area contributed by atoms with Crippen molar-refractivity contribution >= 4 is 47.9 Å². The van der Waals surface area contributed by atoms with Crippen molar-refractivity contribution in [3.05, 3.63) is 0 Å². The van der Waals surface area contributed by atoms with E-state index in [2.05, 4.69) is 119 Å². The molecular weight excluding hydrogens is 1690 g/mol. The summed E-state index contributed by atoms with van der Waals surface area (Å²) in [5, 5.41) is 32.9. The van der Waals surface area contributed by atoms with Gasteiger partial charge >= 0.3 is 47.9 Å². The molecule has 0 aromatic heterocycles. The molecule has 32 unspecified atom stereocenters. The van der Waals surface area contributed by atoms with Crippen LogP contribution < -0.4 is 5.32 Å². The fourth-order valence-corrected chi connectivity index (χ4v) is 35.7. The summed E-state index contributed by atoms with van der Waals surface area (Å²) in [7, 11) is 2.59. The largest absolute Gasteiger partial charge is 0.481 e. The van der Waals surface area contributed by atoms with Gasteiger partial charge in [0.2, 0.25) is 0 Å². The summed E-state index contributed by atoms with van der Waals surface area (Å²) in [4.78, 5) is 94.6. The molecule has 0 aliphatic heterocycles. The highest BCUT2D eigenvalue weighted by Gasteiger charge is 2.72. The van der Waals surface area contributed by atoms with E-state index < -0.39 is 52.6 Å². The molecule has 0 aromatic carbocycles. The Kier molecular flexibility index (Phi) is 34.1. The highest BCUT2D eigenvalue weighted by molar-refractivity contribution is 5.81. The number of carbonyl (C=O) groups excluding carboxylic acids is 6. The monoisotopic (exact) mass is 1890 g/mol. The maximum atomic E-state index is 13.1. The second-order valence-electron chi connectivity index (χ2n) is 54.1. The minimum absolute atomic E-state index is 0.0143. The molecular formula is C117H197NO17. The number of hydrogen-bond donors (Lipinski definition) is 4. The van der Waals surface area contributed by atoms with Crippen LogP contribution in [0.3, 0.4) is 0 Å². The van der Waals surface area contributed by atoms with Crippen molar-refractivity contribution in [2.75, 3.05) is 27.4 Å². The Hall–Kier alpha value is -4.48. The van der Waals surface area contributed by atoms with Gasteiger partial charge in [-0.3, -0.25) is 33.6 Å². The summed E-state index contributed by atoms with van der Waals surface area (Å²) in [6.45, 7) is 57.0. The number of aliphatic hydroxyl groups is 1. The third-order valence-corrected chi connectivity index (χ3v) is 46.4. The van der Waals surface area contributed by atoms with Crippen LogP contribution in [-0.4, -0.2) is 115 Å². The molecule has 35 atom stereocenters. The number of nitrogens with one attached hydrogen (secondary N) is 1. The summed E-state index contributed by atoms with van der Waals surface area (Å²) in [6, 6.07) is 0. The smallest absolute Gasteiger partial charge is 0.407 e. The number of hydrogen-bond acceptors (Lipinski definition) is 15. The molecule has 1 amide bonds. The maximum absolute atomic E-state index is 13.1. The van der Waals surface area contributed by atoms with Crippen LogP contribution in [0.25, 0.3) is 0 Å². The number of carboxylic acid groups (broad SMARTS) is 2. The van der Waals surface area contributed by atoms with Gasteiger partial charge in [-0.2, -0.15) is 0 Å². The van der Waals surface area contributed by atoms with Gasteiger partial charge in [0.1, 0.15) is 24.9 Å². The quantitative estimate of drug-likeness (QED) is 0.0421. The number of ether oxygens (including phenoxy) is 6. The lowest BCUT2D eigenvalue weighted by molar-refractivity contribution is -0.264. The molecule has 16 saturated carbocycles. The predicted octanol–water partition coefficient (Wildman–Crippen LogP) is 27.4. The molecule has 0 heterocycles. The molecule has 16 aliphatic rings. The van der Waals surface area contributed by atoms with Gasteiger partial charge in [-0.05, 0) is 458 Å². The number of amides is 1. The predicted molar refractivity (Wildman–Crippen MR) is 534 cm³/mol. The van der Waals surface area contributed by atoms with Crippen LogP contribution in [0.1, 0.15) is 436 Å². The van der Waals surface area contributed by atoms with Gasteiger partial charge in [0.15, 0.2) is 0 Å². The molecule has 772 valence electrons. The van der Waals surface area contributed by atoms with Gasteiger partial charge < -0.3 is 49.1 Å². The normalized spacial score (nSPS) is 42.9. The third-order valence-electron chi connectivity index (χ3n) is 46.4. The number of rotatable bonds is 23. The molecule has 0 radical (unpaired) electrons. The van der Waals surface area contributed by atoms with E-state index in [0.717, 1.165) is 113 Å². The van der Waals surface area contributed by atoms with E-state index in [1.54, 1.807) is 52.4 Å². The van der Waals surface area contributed by atoms with Crippen LogP contribution in [0.15, 0.2) is 0 Å². The van der Waals surface area contributed by atoms with E-state index in [0.29, 0.717) is 110 Å². The zero-order chi connectivity index (χ0) is 99.5. The van der Waals surface area contributed by atoms with Gasteiger partial charge in [-0.25, -0.2) is 4.79 Å². The second-order valence-corrected chi connectivity index (χ2v) is 54.1. The van der Waals surface area contributed by atoms with Crippen LogP contribution >= 0.6 is 0 Å². The fourth-order valence-electron chi connectivity index (χ4n) is 35.7. The SMILES string of the molecule is C1CC2C3CCC(C3)C2C1.CCC(C)(C)C(=O)OC1CCC2C(C)(CCC3C2(C)CCC2(C)C4CC(C)(C)CCC4(C)CCC32C)C1C.CCC(C)(C)C(=O)OCCNC(=O)O[C@@H]1CCC2(C)C(CCC3C2CCC2(C)C(C(C)CCC(=O)O)CCC32)C1.CCC(C)(C)C(=O)O[C@@H]1CCC2(C)C(CCC3C2C[C@H](O)C2(C)C(C(C)CCC(=O)O)CCC32)C1.COC(=O)C(C)C(C)C(=O)OC. The fraction of sp³-hybridized carbons (Fsp3) is 0.932. The number of alkyl carbamates (subject to hydrolysis) is 1. The van der Waals surface area contributed by atoms with E-state index in [1.807, 2.05) is 55.4 Å². The van der Waals surface area contributed by atoms with Crippen molar-refractivity contribution in [3.8, 4) is 0 Å². The van der Waals surface area contributed by atoms with Crippen molar-refractivity contribution in [2.24, 2.45) is 201 Å². The molecule has 4 N–H and O–H groups in total. The zero-order valence-corrected chi connectivity index (χ0v) is 90.5. The number of methoxy groups -OCH3 is 2. The molecule has 16 fully saturated rings. The van der Waals surface area contributed by atoms with Crippen molar-refractivity contribution in [3.63, 3.8) is 0 Å². The molecule has 16 aliphatic carbocycles. The van der Waals surface area contributed by atoms with Crippen LogP contribution in [-0.2, 0) is 62.0 Å². The first kappa shape index (κ1) is 109. The van der Waals surface area contributed by atoms with Gasteiger partial charge in [0.25, 0.3) is 0 Å². The average Bonchev–Trinajstić information content (AvgIpc) is 1.55. The Balaban J connectivity index is 0.000000163. The van der Waals surface area contributed by atoms with Gasteiger partial charge in [-0.15, -0.1) is 0 Å². The Morgan fingerprint density at radius 1 is 0.422 bits per heavy atom. The molecule has 0 aromatic rings. The van der Waals surface area contributed by atoms with E-state index >= 15 is 0 Å². The number of carboxylic acids is 2. The van der Waals surface area contributed by atoms with E-state index in [1.165, 1.54) is 160 Å². The van der Waals surface area contributed by atoms with Crippen molar-refractivity contribution < 1.29 is 82.1 Å². The molecule has 0 spiro atoms. The number of fused-ring (bicyclic) bond motifs is 22. The Labute approximate surface area is 819 Å². The second kappa shape index (κ2) is 42.1. The van der Waals surface area contributed by atoms with Crippen molar-refractivity contribution in [2.45, 2.75) is 461 Å². The summed E-state index contributed by atoms with van der Waals surface area (Å²) < 4.78 is 32.5. The van der Waals surface area contributed by atoms with E-state index in [9.17, 15) is 53.7 Å². The number of aliphatic hydroxyl groups excluding tert-OH is 1. The van der Waals surface area contributed by atoms with Crippen LogP contribution in [0.4, 0.5) is 4.79 Å². The number of carbonyl (C=O) groups is 8. The molecule has 16 rings (SSSR count). The van der Waals surface area contributed by atoms with Gasteiger partial charge in [0.05, 0.1) is 54.9 Å². The highest BCUT2D eigenvalue weighted by Crippen LogP contribution is 2.80. The first-order valence-corrected chi connectivity index (χ1v) is 55.8. The Bertz CT molecular complexity index is 4060. The zero-order valence-electron chi connectivity index (χ0n) is 90.5. The first-order chi connectivity index (χ1) is 63.0. The van der Waals surface area contributed by atoms with E-state index in [-0.39, 0.29) is 90.0 Å². The maximum Gasteiger partial charge on any atom is 0.407 e. The van der Waals surface area contributed by atoms with Crippen molar-refractivity contribution in [1.82, 2.24) is 5.32 Å².